The van der Waals surface area contributed by atoms with Crippen LogP contribution in [0.5, 0.6) is 0 Å². The van der Waals surface area contributed by atoms with Crippen LogP contribution in [-0.2, 0) is 14.0 Å². The van der Waals surface area contributed by atoms with E-state index in [1.165, 1.54) is 0 Å². The second-order valence-electron chi connectivity index (χ2n) is 8.44. The molecule has 122 valence electrons. The summed E-state index contributed by atoms with van der Waals surface area (Å²) in [5.74, 6) is 0.938. The van der Waals surface area contributed by atoms with Crippen molar-refractivity contribution in [2.45, 2.75) is 96.2 Å². The zero-order valence-corrected chi connectivity index (χ0v) is 15.4. The zero-order chi connectivity index (χ0) is 15.7. The van der Waals surface area contributed by atoms with Crippen LogP contribution in [0.15, 0.2) is 0 Å². The monoisotopic (exact) mass is 312 g/mol. The second kappa shape index (κ2) is 6.51. The first-order valence-electron chi connectivity index (χ1n) is 8.52. The van der Waals surface area contributed by atoms with Crippen molar-refractivity contribution >= 4 is 14.1 Å². The summed E-state index contributed by atoms with van der Waals surface area (Å²) in [6.45, 7) is 11.2. The molecule has 0 aromatic carbocycles. The van der Waals surface area contributed by atoms with E-state index in [4.69, 9.17) is 9.16 Å². The molecule has 1 aliphatic carbocycles. The molecule has 2 aliphatic rings. The van der Waals surface area contributed by atoms with Crippen molar-refractivity contribution in [3.05, 3.63) is 0 Å². The van der Waals surface area contributed by atoms with Crippen molar-refractivity contribution in [2.75, 3.05) is 0 Å². The summed E-state index contributed by atoms with van der Waals surface area (Å²) in [5.41, 5.74) is -0.0220. The highest BCUT2D eigenvalue weighted by Gasteiger charge is 2.39. The van der Waals surface area contributed by atoms with Gasteiger partial charge in [0, 0.05) is 12.8 Å². The first-order valence-corrected chi connectivity index (χ1v) is 11.9. The number of carbonyl (C=O) groups is 1. The Morgan fingerprint density at radius 2 is 2.05 bits per heavy atom. The summed E-state index contributed by atoms with van der Waals surface area (Å²) in [5, 5.41) is 0. The van der Waals surface area contributed by atoms with Gasteiger partial charge < -0.3 is 9.16 Å². The molecular weight excluding hydrogens is 280 g/mol. The van der Waals surface area contributed by atoms with Gasteiger partial charge >= 0.3 is 0 Å². The second-order valence-corrected chi connectivity index (χ2v) is 12.9. The van der Waals surface area contributed by atoms with Gasteiger partial charge in [-0.1, -0.05) is 0 Å². The Labute approximate surface area is 130 Å². The molecule has 0 aromatic rings. The highest BCUT2D eigenvalue weighted by atomic mass is 28.4. The van der Waals surface area contributed by atoms with Crippen LogP contribution < -0.4 is 0 Å². The lowest BCUT2D eigenvalue weighted by Crippen LogP contribution is -2.38. The third-order valence-corrected chi connectivity index (χ3v) is 5.71. The molecule has 21 heavy (non-hydrogen) atoms. The van der Waals surface area contributed by atoms with E-state index in [0.29, 0.717) is 23.9 Å². The van der Waals surface area contributed by atoms with Gasteiger partial charge in [0.1, 0.15) is 5.78 Å². The highest BCUT2D eigenvalue weighted by Crippen LogP contribution is 2.38. The van der Waals surface area contributed by atoms with E-state index in [1.807, 2.05) is 0 Å². The van der Waals surface area contributed by atoms with Crippen LogP contribution in [0.2, 0.25) is 19.6 Å². The Balaban J connectivity index is 1.71. The van der Waals surface area contributed by atoms with Crippen molar-refractivity contribution in [1.82, 2.24) is 0 Å². The van der Waals surface area contributed by atoms with Crippen LogP contribution in [0, 0.1) is 5.92 Å². The molecule has 1 saturated heterocycles. The third-order valence-electron chi connectivity index (χ3n) is 4.54. The number of carbonyl (C=O) groups excluding carboxylic acids is 1. The maximum absolute atomic E-state index is 11.5. The van der Waals surface area contributed by atoms with E-state index < -0.39 is 8.32 Å². The van der Waals surface area contributed by atoms with E-state index >= 15 is 0 Å². The van der Waals surface area contributed by atoms with Crippen LogP contribution in [-0.4, -0.2) is 31.9 Å². The van der Waals surface area contributed by atoms with Crippen molar-refractivity contribution in [3.63, 3.8) is 0 Å². The van der Waals surface area contributed by atoms with Crippen LogP contribution >= 0.6 is 0 Å². The summed E-state index contributed by atoms with van der Waals surface area (Å²) in [6, 6.07) is 0. The van der Waals surface area contributed by atoms with Crippen molar-refractivity contribution in [1.29, 1.82) is 0 Å². The minimum Gasteiger partial charge on any atom is -0.413 e. The summed E-state index contributed by atoms with van der Waals surface area (Å²) in [7, 11) is -1.48. The molecule has 2 rings (SSSR count). The molecule has 3 nitrogen and oxygen atoms in total. The normalized spacial score (nSPS) is 30.5. The predicted octanol–water partition coefficient (Wildman–Crippen LogP) is 4.31. The molecule has 0 aromatic heterocycles. The number of fused-ring (bicyclic) bond motifs is 1. The standard InChI is InChI=1S/C17H32O3Si/c1-17(2,20-21(3,4)5)10-6-7-15-12-13-11-14(18)8-9-16(13)19-15/h13,15-16H,6-12H2,1-5H3/t13-,15-,16?/m0/s1. The van der Waals surface area contributed by atoms with Crippen LogP contribution in [0.25, 0.3) is 0 Å². The third kappa shape index (κ3) is 5.50. The quantitative estimate of drug-likeness (QED) is 0.685. The van der Waals surface area contributed by atoms with Crippen molar-refractivity contribution < 1.29 is 14.0 Å². The molecule has 0 radical (unpaired) electrons. The molecule has 0 N–H and O–H groups in total. The number of ether oxygens (including phenoxy) is 1. The number of ketones is 1. The molecular formula is C17H32O3Si. The topological polar surface area (TPSA) is 35.5 Å². The first kappa shape index (κ1) is 17.2. The molecule has 0 spiro atoms. The highest BCUT2D eigenvalue weighted by molar-refractivity contribution is 6.69. The molecule has 0 amide bonds. The van der Waals surface area contributed by atoms with Gasteiger partial charge in [-0.15, -0.1) is 0 Å². The number of hydrogen-bond donors (Lipinski definition) is 0. The summed E-state index contributed by atoms with van der Waals surface area (Å²) in [4.78, 5) is 11.5. The predicted molar refractivity (Wildman–Crippen MR) is 88.0 cm³/mol. The number of hydrogen-bond acceptors (Lipinski definition) is 3. The fourth-order valence-electron chi connectivity index (χ4n) is 3.94. The molecule has 1 aliphatic heterocycles. The maximum Gasteiger partial charge on any atom is 0.184 e. The van der Waals surface area contributed by atoms with Gasteiger partial charge in [0.15, 0.2) is 8.32 Å². The summed E-state index contributed by atoms with van der Waals surface area (Å²) < 4.78 is 12.4. The SMILES string of the molecule is CC(C)(CCC[C@H]1C[C@@H]2CC(=O)CCC2O1)O[Si](C)(C)C. The van der Waals surface area contributed by atoms with E-state index in [-0.39, 0.29) is 5.60 Å². The van der Waals surface area contributed by atoms with Crippen molar-refractivity contribution in [2.24, 2.45) is 5.92 Å². The van der Waals surface area contributed by atoms with Gasteiger partial charge in [-0.3, -0.25) is 4.79 Å². The van der Waals surface area contributed by atoms with Crippen LogP contribution in [0.4, 0.5) is 0 Å². The van der Waals surface area contributed by atoms with Crippen LogP contribution in [0.1, 0.15) is 58.8 Å². The van der Waals surface area contributed by atoms with Gasteiger partial charge in [0.25, 0.3) is 0 Å². The number of rotatable bonds is 6. The minimum atomic E-state index is -1.48. The first-order chi connectivity index (χ1) is 9.65. The van der Waals surface area contributed by atoms with Crippen molar-refractivity contribution in [3.8, 4) is 0 Å². The molecule has 3 atom stereocenters. The maximum atomic E-state index is 11.5. The van der Waals surface area contributed by atoms with Gasteiger partial charge in [0.05, 0.1) is 17.8 Å². The van der Waals surface area contributed by atoms with E-state index in [9.17, 15) is 4.79 Å². The summed E-state index contributed by atoms with van der Waals surface area (Å²) >= 11 is 0. The average molecular weight is 313 g/mol. The molecule has 1 saturated carbocycles. The molecule has 0 bridgehead atoms. The van der Waals surface area contributed by atoms with Crippen LogP contribution in [0.3, 0.4) is 0 Å². The fourth-order valence-corrected chi connectivity index (χ4v) is 5.70. The Morgan fingerprint density at radius 3 is 2.71 bits per heavy atom. The smallest absolute Gasteiger partial charge is 0.184 e. The Kier molecular flexibility index (Phi) is 5.32. The van der Waals surface area contributed by atoms with E-state index in [0.717, 1.165) is 44.9 Å². The van der Waals surface area contributed by atoms with Gasteiger partial charge in [-0.2, -0.15) is 0 Å². The lowest BCUT2D eigenvalue weighted by molar-refractivity contribution is -0.123. The van der Waals surface area contributed by atoms with Gasteiger partial charge in [0.2, 0.25) is 0 Å². The molecule has 4 heteroatoms. The zero-order valence-electron chi connectivity index (χ0n) is 14.4. The Morgan fingerprint density at radius 1 is 1.33 bits per heavy atom. The fraction of sp³-hybridized carbons (Fsp3) is 0.941. The van der Waals surface area contributed by atoms with E-state index in [2.05, 4.69) is 33.5 Å². The molecule has 2 fully saturated rings. The van der Waals surface area contributed by atoms with Gasteiger partial charge in [-0.05, 0) is 71.5 Å². The lowest BCUT2D eigenvalue weighted by atomic mass is 9.84. The van der Waals surface area contributed by atoms with Gasteiger partial charge in [-0.25, -0.2) is 0 Å². The summed E-state index contributed by atoms with van der Waals surface area (Å²) in [6.07, 6.45) is 7.60. The average Bonchev–Trinajstić information content (AvgIpc) is 2.66. The Hall–Kier alpha value is -0.193. The Bertz CT molecular complexity index is 373. The molecule has 1 heterocycles. The molecule has 1 unspecified atom stereocenters. The number of Topliss-reactive ketones (excluding diaryl/α,β-unsaturated/α-hetero) is 1. The lowest BCUT2D eigenvalue weighted by Gasteiger charge is -2.33. The minimum absolute atomic E-state index is 0.0220. The van der Waals surface area contributed by atoms with E-state index in [1.54, 1.807) is 0 Å². The largest absolute Gasteiger partial charge is 0.413 e.